The number of nitrogens with zero attached hydrogens (tertiary/aromatic N) is 1. The van der Waals surface area contributed by atoms with Crippen LogP contribution < -0.4 is 4.74 Å². The second-order valence-electron chi connectivity index (χ2n) is 4.87. The first kappa shape index (κ1) is 14.6. The van der Waals surface area contributed by atoms with Crippen molar-refractivity contribution in [3.05, 3.63) is 71.4 Å². The van der Waals surface area contributed by atoms with E-state index in [2.05, 4.69) is 16.8 Å². The summed E-state index contributed by atoms with van der Waals surface area (Å²) in [6, 6.07) is 14.3. The van der Waals surface area contributed by atoms with Crippen LogP contribution in [0.1, 0.15) is 21.5 Å². The minimum absolute atomic E-state index is 0.225. The fraction of sp³-hybridized carbons (Fsp3) is 0.0526. The molecule has 1 aromatic heterocycles. The second-order valence-corrected chi connectivity index (χ2v) is 4.87. The third-order valence-corrected chi connectivity index (χ3v) is 3.41. The molecule has 0 atom stereocenters. The molecule has 4 nitrogen and oxygen atoms in total. The van der Waals surface area contributed by atoms with Crippen LogP contribution in [0.3, 0.4) is 0 Å². The van der Waals surface area contributed by atoms with Crippen molar-refractivity contribution in [1.82, 2.24) is 4.98 Å². The predicted octanol–water partition coefficient (Wildman–Crippen LogP) is 3.34. The molecule has 0 saturated carbocycles. The van der Waals surface area contributed by atoms with Gasteiger partial charge in [-0.3, -0.25) is 4.98 Å². The lowest BCUT2D eigenvalue weighted by atomic mass is 10.1. The van der Waals surface area contributed by atoms with Gasteiger partial charge in [0.05, 0.1) is 18.2 Å². The van der Waals surface area contributed by atoms with E-state index in [9.17, 15) is 9.90 Å². The molecule has 0 aliphatic rings. The van der Waals surface area contributed by atoms with Crippen LogP contribution in [0.4, 0.5) is 0 Å². The Balaban J connectivity index is 1.99. The van der Waals surface area contributed by atoms with E-state index in [0.717, 1.165) is 16.9 Å². The molecule has 0 aliphatic carbocycles. The minimum Gasteiger partial charge on any atom is -0.497 e. The number of methoxy groups -OCH3 is 1. The van der Waals surface area contributed by atoms with Crippen LogP contribution in [0.2, 0.25) is 0 Å². The molecule has 4 heteroatoms. The molecule has 23 heavy (non-hydrogen) atoms. The predicted molar refractivity (Wildman–Crippen MR) is 87.7 cm³/mol. The number of hydrogen-bond acceptors (Lipinski definition) is 3. The summed E-state index contributed by atoms with van der Waals surface area (Å²) in [7, 11) is 1.61. The van der Waals surface area contributed by atoms with E-state index in [-0.39, 0.29) is 5.56 Å². The topological polar surface area (TPSA) is 59.4 Å². The average molecular weight is 303 g/mol. The molecule has 0 saturated heterocycles. The Morgan fingerprint density at radius 3 is 2.43 bits per heavy atom. The molecule has 0 amide bonds. The summed E-state index contributed by atoms with van der Waals surface area (Å²) in [5.41, 5.74) is 2.46. The molecule has 3 rings (SSSR count). The quantitative estimate of drug-likeness (QED) is 0.738. The van der Waals surface area contributed by atoms with E-state index in [1.165, 1.54) is 12.3 Å². The Labute approximate surface area is 133 Å². The third-order valence-electron chi connectivity index (χ3n) is 3.41. The zero-order valence-electron chi connectivity index (χ0n) is 12.4. The van der Waals surface area contributed by atoms with Gasteiger partial charge in [0.1, 0.15) is 5.75 Å². The number of carbonyl (C=O) groups is 1. The van der Waals surface area contributed by atoms with Crippen molar-refractivity contribution in [1.29, 1.82) is 0 Å². The van der Waals surface area contributed by atoms with Crippen molar-refractivity contribution in [2.24, 2.45) is 0 Å². The highest BCUT2D eigenvalue weighted by Crippen LogP contribution is 2.18. The van der Waals surface area contributed by atoms with Crippen molar-refractivity contribution in [3.8, 4) is 17.6 Å². The zero-order chi connectivity index (χ0) is 16.2. The molecular weight excluding hydrogens is 290 g/mol. The monoisotopic (exact) mass is 303 g/mol. The van der Waals surface area contributed by atoms with Gasteiger partial charge in [0.15, 0.2) is 0 Å². The summed E-state index contributed by atoms with van der Waals surface area (Å²) in [6.45, 7) is 0. The highest BCUT2D eigenvalue weighted by Gasteiger charge is 2.08. The molecule has 0 radical (unpaired) electrons. The van der Waals surface area contributed by atoms with Gasteiger partial charge in [0.25, 0.3) is 0 Å². The SMILES string of the molecule is COc1ccc(C#Cc2ccc3nccc(C(=O)O)c3c2)cc1. The van der Waals surface area contributed by atoms with Crippen molar-refractivity contribution >= 4 is 16.9 Å². The summed E-state index contributed by atoms with van der Waals surface area (Å²) in [5.74, 6) is 5.90. The minimum atomic E-state index is -0.974. The standard InChI is InChI=1S/C19H13NO3/c1-23-15-7-4-13(5-8-15)2-3-14-6-9-18-17(12-14)16(19(21)22)10-11-20-18/h4-12H,1H3,(H,21,22). The molecule has 1 N–H and O–H groups in total. The fourth-order valence-corrected chi connectivity index (χ4v) is 2.23. The first-order valence-electron chi connectivity index (χ1n) is 6.95. The molecule has 0 unspecified atom stereocenters. The summed E-state index contributed by atoms with van der Waals surface area (Å²) < 4.78 is 5.10. The maximum Gasteiger partial charge on any atom is 0.336 e. The highest BCUT2D eigenvalue weighted by molar-refractivity contribution is 6.02. The van der Waals surface area contributed by atoms with Crippen LogP contribution in [0.15, 0.2) is 54.7 Å². The van der Waals surface area contributed by atoms with E-state index in [0.29, 0.717) is 10.9 Å². The normalized spacial score (nSPS) is 9.96. The largest absolute Gasteiger partial charge is 0.497 e. The van der Waals surface area contributed by atoms with E-state index in [1.807, 2.05) is 30.3 Å². The molecule has 0 fully saturated rings. The number of carboxylic acid groups (broad SMARTS) is 1. The first-order chi connectivity index (χ1) is 11.2. The lowest BCUT2D eigenvalue weighted by Crippen LogP contribution is -1.98. The van der Waals surface area contributed by atoms with Crippen LogP contribution in [-0.2, 0) is 0 Å². The molecule has 3 aromatic rings. The number of pyridine rings is 1. The Bertz CT molecular complexity index is 934. The Morgan fingerprint density at radius 2 is 1.74 bits per heavy atom. The molecule has 2 aromatic carbocycles. The second kappa shape index (κ2) is 6.20. The van der Waals surface area contributed by atoms with Gasteiger partial charge in [-0.15, -0.1) is 0 Å². The molecular formula is C19H13NO3. The van der Waals surface area contributed by atoms with Crippen molar-refractivity contribution in [2.45, 2.75) is 0 Å². The number of fused-ring (bicyclic) bond motifs is 1. The number of carboxylic acids is 1. The summed E-state index contributed by atoms with van der Waals surface area (Å²) in [5, 5.41) is 9.84. The fourth-order valence-electron chi connectivity index (χ4n) is 2.23. The van der Waals surface area contributed by atoms with Crippen LogP contribution in [-0.4, -0.2) is 23.2 Å². The van der Waals surface area contributed by atoms with E-state index in [1.54, 1.807) is 19.2 Å². The summed E-state index contributed by atoms with van der Waals surface area (Å²) in [6.07, 6.45) is 1.49. The van der Waals surface area contributed by atoms with Gasteiger partial charge in [-0.1, -0.05) is 11.8 Å². The molecule has 0 bridgehead atoms. The molecule has 112 valence electrons. The van der Waals surface area contributed by atoms with Gasteiger partial charge >= 0.3 is 5.97 Å². The van der Waals surface area contributed by atoms with Gasteiger partial charge < -0.3 is 9.84 Å². The maximum absolute atomic E-state index is 11.3. The Morgan fingerprint density at radius 1 is 1.04 bits per heavy atom. The van der Waals surface area contributed by atoms with Gasteiger partial charge in [0, 0.05) is 22.7 Å². The number of ether oxygens (including phenoxy) is 1. The van der Waals surface area contributed by atoms with Crippen LogP contribution >= 0.6 is 0 Å². The Hall–Kier alpha value is -3.32. The summed E-state index contributed by atoms with van der Waals surface area (Å²) in [4.78, 5) is 15.5. The van der Waals surface area contributed by atoms with Gasteiger partial charge in [-0.05, 0) is 48.5 Å². The average Bonchev–Trinajstić information content (AvgIpc) is 2.59. The number of benzene rings is 2. The smallest absolute Gasteiger partial charge is 0.336 e. The lowest BCUT2D eigenvalue weighted by molar-refractivity contribution is 0.0699. The van der Waals surface area contributed by atoms with Crippen molar-refractivity contribution < 1.29 is 14.6 Å². The summed E-state index contributed by atoms with van der Waals surface area (Å²) >= 11 is 0. The van der Waals surface area contributed by atoms with Gasteiger partial charge in [-0.25, -0.2) is 4.79 Å². The van der Waals surface area contributed by atoms with Gasteiger partial charge in [0.2, 0.25) is 0 Å². The van der Waals surface area contributed by atoms with Gasteiger partial charge in [-0.2, -0.15) is 0 Å². The van der Waals surface area contributed by atoms with E-state index in [4.69, 9.17) is 4.74 Å². The third kappa shape index (κ3) is 3.14. The van der Waals surface area contributed by atoms with E-state index < -0.39 is 5.97 Å². The van der Waals surface area contributed by atoms with Crippen molar-refractivity contribution in [3.63, 3.8) is 0 Å². The lowest BCUT2D eigenvalue weighted by Gasteiger charge is -2.02. The number of rotatable bonds is 2. The van der Waals surface area contributed by atoms with Crippen molar-refractivity contribution in [2.75, 3.05) is 7.11 Å². The zero-order valence-corrected chi connectivity index (χ0v) is 12.4. The van der Waals surface area contributed by atoms with Crippen LogP contribution in [0.5, 0.6) is 5.75 Å². The number of hydrogen-bond donors (Lipinski definition) is 1. The molecule has 1 heterocycles. The van der Waals surface area contributed by atoms with Crippen LogP contribution in [0.25, 0.3) is 10.9 Å². The number of aromatic nitrogens is 1. The molecule has 0 aliphatic heterocycles. The van der Waals surface area contributed by atoms with Crippen LogP contribution in [0, 0.1) is 11.8 Å². The maximum atomic E-state index is 11.3. The van der Waals surface area contributed by atoms with E-state index >= 15 is 0 Å². The first-order valence-corrected chi connectivity index (χ1v) is 6.95. The highest BCUT2D eigenvalue weighted by atomic mass is 16.5. The Kier molecular flexibility index (Phi) is 3.94. The number of aromatic carboxylic acids is 1. The molecule has 0 spiro atoms.